The zero-order valence-electron chi connectivity index (χ0n) is 17.3. The van der Waals surface area contributed by atoms with Crippen LogP contribution in [0.5, 0.6) is 0 Å². The lowest BCUT2D eigenvalue weighted by molar-refractivity contribution is -0.128. The summed E-state index contributed by atoms with van der Waals surface area (Å²) in [7, 11) is 0. The van der Waals surface area contributed by atoms with Gasteiger partial charge in [-0.1, -0.05) is 26.0 Å². The van der Waals surface area contributed by atoms with Crippen LogP contribution in [0.25, 0.3) is 0 Å². The summed E-state index contributed by atoms with van der Waals surface area (Å²) in [5.74, 6) is 5.53. The van der Waals surface area contributed by atoms with E-state index in [0.717, 1.165) is 37.0 Å². The minimum Gasteiger partial charge on any atom is -0.477 e. The Hall–Kier alpha value is -2.10. The molecule has 0 spiro atoms. The van der Waals surface area contributed by atoms with Crippen molar-refractivity contribution in [3.63, 3.8) is 0 Å². The topological polar surface area (TPSA) is 77.8 Å². The molecule has 3 atom stereocenters. The van der Waals surface area contributed by atoms with Crippen LogP contribution in [-0.2, 0) is 11.2 Å². The zero-order valence-corrected chi connectivity index (χ0v) is 18.1. The summed E-state index contributed by atoms with van der Waals surface area (Å²) in [4.78, 5) is 26.5. The van der Waals surface area contributed by atoms with E-state index in [1.807, 2.05) is 24.0 Å². The van der Waals surface area contributed by atoms with Gasteiger partial charge in [0, 0.05) is 30.7 Å². The van der Waals surface area contributed by atoms with E-state index in [9.17, 15) is 14.7 Å². The molecule has 0 saturated carbocycles. The van der Waals surface area contributed by atoms with Gasteiger partial charge >= 0.3 is 5.97 Å². The monoisotopic (exact) mass is 417 g/mol. The van der Waals surface area contributed by atoms with Gasteiger partial charge in [0.1, 0.15) is 4.88 Å². The van der Waals surface area contributed by atoms with Crippen molar-refractivity contribution in [2.24, 2.45) is 5.92 Å². The molecule has 1 aliphatic rings. The first-order valence-corrected chi connectivity index (χ1v) is 11.2. The van der Waals surface area contributed by atoms with Gasteiger partial charge in [0.15, 0.2) is 0 Å². The smallest absolute Gasteiger partial charge is 0.345 e. The molecule has 29 heavy (non-hydrogen) atoms. The molecule has 1 aliphatic heterocycles. The van der Waals surface area contributed by atoms with Crippen LogP contribution in [0.15, 0.2) is 24.3 Å². The number of carbonyl (C=O) groups is 2. The number of hydrogen-bond acceptors (Lipinski definition) is 4. The minimum absolute atomic E-state index is 0.0217. The van der Waals surface area contributed by atoms with E-state index in [2.05, 4.69) is 18.8 Å². The Labute approximate surface area is 177 Å². The molecule has 6 heteroatoms. The summed E-state index contributed by atoms with van der Waals surface area (Å²) >= 11 is 1.29. The average molecular weight is 418 g/mol. The number of aliphatic hydroxyl groups is 1. The van der Waals surface area contributed by atoms with Gasteiger partial charge in [0.25, 0.3) is 0 Å². The molecule has 158 valence electrons. The number of thiophene rings is 1. The first kappa shape index (κ1) is 23.2. The third-order valence-electron chi connectivity index (χ3n) is 5.11. The molecule has 1 amide bonds. The fourth-order valence-corrected chi connectivity index (χ4v) is 4.18. The van der Waals surface area contributed by atoms with E-state index >= 15 is 0 Å². The van der Waals surface area contributed by atoms with Crippen molar-refractivity contribution in [3.8, 4) is 11.8 Å². The highest BCUT2D eigenvalue weighted by molar-refractivity contribution is 7.13. The molecule has 1 aromatic heterocycles. The largest absolute Gasteiger partial charge is 0.477 e. The molecule has 1 fully saturated rings. The first-order valence-electron chi connectivity index (χ1n) is 10.4. The van der Waals surface area contributed by atoms with Gasteiger partial charge in [-0.05, 0) is 43.7 Å². The molecule has 0 radical (unpaired) electrons. The lowest BCUT2D eigenvalue weighted by atomic mass is 10.00. The number of rotatable bonds is 10. The van der Waals surface area contributed by atoms with Crippen LogP contribution in [-0.4, -0.2) is 45.7 Å². The van der Waals surface area contributed by atoms with Crippen molar-refractivity contribution >= 4 is 23.2 Å². The number of nitrogens with zero attached hydrogens (tertiary/aromatic N) is 1. The van der Waals surface area contributed by atoms with Crippen molar-refractivity contribution in [1.29, 1.82) is 0 Å². The number of aromatic carboxylic acids is 1. The number of carboxylic acid groups (broad SMARTS) is 1. The number of aryl methyl sites for hydroxylation is 1. The maximum absolute atomic E-state index is 12.2. The Morgan fingerprint density at radius 2 is 2.21 bits per heavy atom. The SMILES string of the molecule is CCCC#CC[C@H](C)[C@H](O)C=C[C@H]1CCC(=O)N1CCCc1ccc(C(=O)O)s1. The second-order valence-corrected chi connectivity index (χ2v) is 8.70. The van der Waals surface area contributed by atoms with Gasteiger partial charge in [-0.3, -0.25) is 4.79 Å². The number of amides is 1. The molecule has 2 N–H and O–H groups in total. The number of unbranched alkanes of at least 4 members (excludes halogenated alkanes) is 1. The van der Waals surface area contributed by atoms with Gasteiger partial charge in [0.05, 0.1) is 12.1 Å². The number of aliphatic hydroxyl groups excluding tert-OH is 1. The van der Waals surface area contributed by atoms with Crippen molar-refractivity contribution < 1.29 is 19.8 Å². The third kappa shape index (κ3) is 7.34. The van der Waals surface area contributed by atoms with E-state index in [4.69, 9.17) is 5.11 Å². The summed E-state index contributed by atoms with van der Waals surface area (Å²) in [6.07, 6.45) is 8.65. The third-order valence-corrected chi connectivity index (χ3v) is 6.24. The summed E-state index contributed by atoms with van der Waals surface area (Å²) in [5, 5.41) is 19.4. The Morgan fingerprint density at radius 3 is 2.90 bits per heavy atom. The van der Waals surface area contributed by atoms with Crippen molar-refractivity contribution in [1.82, 2.24) is 4.90 Å². The van der Waals surface area contributed by atoms with Crippen molar-refractivity contribution in [2.45, 2.75) is 70.9 Å². The molecule has 0 aliphatic carbocycles. The predicted molar refractivity (Wildman–Crippen MR) is 116 cm³/mol. The summed E-state index contributed by atoms with van der Waals surface area (Å²) in [5.41, 5.74) is 0. The molecule has 0 bridgehead atoms. The quantitative estimate of drug-likeness (QED) is 0.443. The van der Waals surface area contributed by atoms with E-state index in [-0.39, 0.29) is 17.9 Å². The van der Waals surface area contributed by atoms with Gasteiger partial charge in [0.2, 0.25) is 5.91 Å². The summed E-state index contributed by atoms with van der Waals surface area (Å²) in [6.45, 7) is 4.72. The van der Waals surface area contributed by atoms with Crippen LogP contribution in [0.3, 0.4) is 0 Å². The van der Waals surface area contributed by atoms with E-state index < -0.39 is 12.1 Å². The Bertz CT molecular complexity index is 773. The second kappa shape index (κ2) is 11.8. The molecular formula is C23H31NO4S. The number of carbonyl (C=O) groups excluding carboxylic acids is 1. The van der Waals surface area contributed by atoms with Gasteiger partial charge in [-0.2, -0.15) is 0 Å². The van der Waals surface area contributed by atoms with Crippen LogP contribution in [0.4, 0.5) is 0 Å². The Morgan fingerprint density at radius 1 is 1.41 bits per heavy atom. The van der Waals surface area contributed by atoms with Gasteiger partial charge in [-0.25, -0.2) is 4.79 Å². The maximum Gasteiger partial charge on any atom is 0.345 e. The molecule has 0 unspecified atom stereocenters. The van der Waals surface area contributed by atoms with E-state index in [0.29, 0.717) is 24.3 Å². The lowest BCUT2D eigenvalue weighted by Gasteiger charge is -2.23. The van der Waals surface area contributed by atoms with Gasteiger partial charge in [-0.15, -0.1) is 23.2 Å². The highest BCUT2D eigenvalue weighted by atomic mass is 32.1. The standard InChI is InChI=1S/C23H31NO4S/c1-3-4-5-6-8-17(2)20(25)13-10-18-11-15-22(26)24(18)16-7-9-19-12-14-21(29-19)23(27)28/h10,12-14,17-18,20,25H,3-4,7-9,11,15-16H2,1-2H3,(H,27,28)/t17-,18-,20+/m0/s1. The number of carboxylic acids is 1. The molecular weight excluding hydrogens is 386 g/mol. The van der Waals surface area contributed by atoms with Crippen LogP contribution in [0.2, 0.25) is 0 Å². The van der Waals surface area contributed by atoms with E-state index in [1.165, 1.54) is 11.3 Å². The highest BCUT2D eigenvalue weighted by Gasteiger charge is 2.28. The lowest BCUT2D eigenvalue weighted by Crippen LogP contribution is -2.33. The van der Waals surface area contributed by atoms with Crippen molar-refractivity contribution in [2.75, 3.05) is 6.54 Å². The highest BCUT2D eigenvalue weighted by Crippen LogP contribution is 2.23. The first-order chi connectivity index (χ1) is 13.9. The van der Waals surface area contributed by atoms with Crippen molar-refractivity contribution in [3.05, 3.63) is 34.0 Å². The number of likely N-dealkylation sites (tertiary alicyclic amines) is 1. The van der Waals surface area contributed by atoms with E-state index in [1.54, 1.807) is 12.1 Å². The van der Waals surface area contributed by atoms with Crippen LogP contribution in [0.1, 0.15) is 66.9 Å². The van der Waals surface area contributed by atoms with Crippen LogP contribution >= 0.6 is 11.3 Å². The fraction of sp³-hybridized carbons (Fsp3) is 0.565. The molecule has 2 rings (SSSR count). The van der Waals surface area contributed by atoms with Gasteiger partial charge < -0.3 is 15.1 Å². The predicted octanol–water partition coefficient (Wildman–Crippen LogP) is 4.12. The average Bonchev–Trinajstić information content (AvgIpc) is 3.31. The second-order valence-electron chi connectivity index (χ2n) is 7.53. The molecule has 5 nitrogen and oxygen atoms in total. The molecule has 1 aromatic rings. The Balaban J connectivity index is 1.83. The Kier molecular flexibility index (Phi) is 9.43. The zero-order chi connectivity index (χ0) is 21.2. The molecule has 2 heterocycles. The molecule has 1 saturated heterocycles. The van der Waals surface area contributed by atoms with Crippen LogP contribution < -0.4 is 0 Å². The number of hydrogen-bond donors (Lipinski definition) is 2. The summed E-state index contributed by atoms with van der Waals surface area (Å²) in [6, 6.07) is 3.50. The van der Waals surface area contributed by atoms with Crippen LogP contribution in [0, 0.1) is 17.8 Å². The fourth-order valence-electron chi connectivity index (χ4n) is 3.30. The minimum atomic E-state index is -0.898. The summed E-state index contributed by atoms with van der Waals surface area (Å²) < 4.78 is 0. The molecule has 0 aromatic carbocycles. The maximum atomic E-state index is 12.2. The normalized spacial score (nSPS) is 18.7.